The molecule has 25 heavy (non-hydrogen) atoms. The van der Waals surface area contributed by atoms with E-state index < -0.39 is 0 Å². The summed E-state index contributed by atoms with van der Waals surface area (Å²) in [7, 11) is 3.36. The molecule has 2 aliphatic rings. The van der Waals surface area contributed by atoms with Gasteiger partial charge in [0, 0.05) is 14.2 Å². The Morgan fingerprint density at radius 2 is 1.32 bits per heavy atom. The van der Waals surface area contributed by atoms with Gasteiger partial charge >= 0.3 is 0 Å². The highest BCUT2D eigenvalue weighted by atomic mass is 32.1. The van der Waals surface area contributed by atoms with Gasteiger partial charge in [0.15, 0.2) is 0 Å². The van der Waals surface area contributed by atoms with Crippen LogP contribution < -0.4 is 10.6 Å². The number of carbonyl (C=O) groups excluding carboxylic acids is 2. The molecule has 0 aromatic carbocycles. The molecule has 2 saturated carbocycles. The highest BCUT2D eigenvalue weighted by Crippen LogP contribution is 2.25. The van der Waals surface area contributed by atoms with Crippen LogP contribution in [0.15, 0.2) is 12.1 Å². The summed E-state index contributed by atoms with van der Waals surface area (Å²) < 4.78 is 10.8. The van der Waals surface area contributed by atoms with Crippen molar-refractivity contribution in [3.63, 3.8) is 0 Å². The lowest BCUT2D eigenvalue weighted by molar-refractivity contribution is 0.0723. The molecule has 1 aromatic heterocycles. The number of methoxy groups -OCH3 is 2. The molecule has 0 radical (unpaired) electrons. The SMILES string of the molecule is COC1CCCC1NC(=O)c1ccc(C(=O)NC2CCCC2OC)s1. The average Bonchev–Trinajstić information content (AvgIpc) is 3.34. The van der Waals surface area contributed by atoms with E-state index in [4.69, 9.17) is 9.47 Å². The lowest BCUT2D eigenvalue weighted by Crippen LogP contribution is -2.40. The number of amides is 2. The van der Waals surface area contributed by atoms with Gasteiger partial charge in [-0.05, 0) is 50.7 Å². The maximum atomic E-state index is 12.4. The number of thiophene rings is 1. The molecular formula is C18H26N2O4S. The quantitative estimate of drug-likeness (QED) is 0.810. The maximum absolute atomic E-state index is 12.4. The highest BCUT2D eigenvalue weighted by Gasteiger charge is 2.30. The summed E-state index contributed by atoms with van der Waals surface area (Å²) in [4.78, 5) is 26.0. The van der Waals surface area contributed by atoms with Crippen molar-refractivity contribution in [3.05, 3.63) is 21.9 Å². The average molecular weight is 366 g/mol. The molecule has 2 amide bonds. The van der Waals surface area contributed by atoms with E-state index in [2.05, 4.69) is 10.6 Å². The van der Waals surface area contributed by atoms with E-state index in [0.717, 1.165) is 38.5 Å². The van der Waals surface area contributed by atoms with E-state index in [9.17, 15) is 9.59 Å². The number of nitrogens with one attached hydrogen (secondary N) is 2. The summed E-state index contributed by atoms with van der Waals surface area (Å²) in [5.41, 5.74) is 0. The molecule has 7 heteroatoms. The van der Waals surface area contributed by atoms with Gasteiger partial charge in [-0.15, -0.1) is 11.3 Å². The Labute approximate surface area is 152 Å². The minimum absolute atomic E-state index is 0.0535. The lowest BCUT2D eigenvalue weighted by atomic mass is 10.2. The van der Waals surface area contributed by atoms with Crippen LogP contribution in [0.1, 0.15) is 57.9 Å². The van der Waals surface area contributed by atoms with Crippen LogP contribution in [-0.4, -0.2) is 50.3 Å². The highest BCUT2D eigenvalue weighted by molar-refractivity contribution is 7.15. The molecule has 6 nitrogen and oxygen atoms in total. The molecule has 1 aromatic rings. The van der Waals surface area contributed by atoms with Gasteiger partial charge < -0.3 is 20.1 Å². The van der Waals surface area contributed by atoms with Crippen LogP contribution in [0.25, 0.3) is 0 Å². The van der Waals surface area contributed by atoms with Crippen molar-refractivity contribution in [2.75, 3.05) is 14.2 Å². The molecule has 2 aliphatic carbocycles. The van der Waals surface area contributed by atoms with Crippen LogP contribution >= 0.6 is 11.3 Å². The summed E-state index contributed by atoms with van der Waals surface area (Å²) >= 11 is 1.23. The molecule has 3 rings (SSSR count). The van der Waals surface area contributed by atoms with Crippen LogP contribution in [0.5, 0.6) is 0 Å². The molecule has 0 aliphatic heterocycles. The zero-order valence-electron chi connectivity index (χ0n) is 14.7. The van der Waals surface area contributed by atoms with Gasteiger partial charge in [0.1, 0.15) is 0 Å². The summed E-state index contributed by atoms with van der Waals surface area (Å²) in [6.45, 7) is 0. The molecule has 0 bridgehead atoms. The van der Waals surface area contributed by atoms with Crippen LogP contribution in [0.3, 0.4) is 0 Å². The van der Waals surface area contributed by atoms with Gasteiger partial charge in [-0.1, -0.05) is 0 Å². The third-order valence-corrected chi connectivity index (χ3v) is 6.28. The van der Waals surface area contributed by atoms with E-state index in [0.29, 0.717) is 9.75 Å². The maximum Gasteiger partial charge on any atom is 0.261 e. The minimum Gasteiger partial charge on any atom is -0.379 e. The Hall–Kier alpha value is -1.44. The standard InChI is InChI=1S/C18H26N2O4S/c1-23-13-7-3-5-11(13)19-17(21)15-9-10-16(25-15)18(22)20-12-6-4-8-14(12)24-2/h9-14H,3-8H2,1-2H3,(H,19,21)(H,20,22). The topological polar surface area (TPSA) is 76.7 Å². The molecule has 2 fully saturated rings. The first-order valence-electron chi connectivity index (χ1n) is 8.89. The van der Waals surface area contributed by atoms with E-state index in [1.54, 1.807) is 26.4 Å². The molecule has 4 unspecified atom stereocenters. The molecule has 138 valence electrons. The summed E-state index contributed by atoms with van der Waals surface area (Å²) in [5, 5.41) is 6.07. The van der Waals surface area contributed by atoms with Crippen molar-refractivity contribution in [3.8, 4) is 0 Å². The first kappa shape index (κ1) is 18.4. The third kappa shape index (κ3) is 4.22. The Morgan fingerprint density at radius 3 is 1.72 bits per heavy atom. The molecule has 0 saturated heterocycles. The van der Waals surface area contributed by atoms with Crippen molar-refractivity contribution >= 4 is 23.2 Å². The van der Waals surface area contributed by atoms with E-state index in [-0.39, 0.29) is 36.1 Å². The van der Waals surface area contributed by atoms with Crippen LogP contribution in [-0.2, 0) is 9.47 Å². The van der Waals surface area contributed by atoms with E-state index in [1.807, 2.05) is 0 Å². The minimum atomic E-state index is -0.131. The Balaban J connectivity index is 1.57. The second-order valence-electron chi connectivity index (χ2n) is 6.73. The number of ether oxygens (including phenoxy) is 2. The Morgan fingerprint density at radius 1 is 0.880 bits per heavy atom. The smallest absolute Gasteiger partial charge is 0.261 e. The Kier molecular flexibility index (Phi) is 6.09. The van der Waals surface area contributed by atoms with Gasteiger partial charge in [0.05, 0.1) is 34.0 Å². The molecule has 2 N–H and O–H groups in total. The fourth-order valence-corrected chi connectivity index (χ4v) is 4.62. The second-order valence-corrected chi connectivity index (χ2v) is 7.82. The van der Waals surface area contributed by atoms with Gasteiger partial charge in [0.25, 0.3) is 11.8 Å². The van der Waals surface area contributed by atoms with Crippen LogP contribution in [0.2, 0.25) is 0 Å². The number of carbonyl (C=O) groups is 2. The summed E-state index contributed by atoms with van der Waals surface area (Å²) in [6, 6.07) is 3.54. The molecule has 1 heterocycles. The van der Waals surface area contributed by atoms with Crippen molar-refractivity contribution in [2.45, 2.75) is 62.8 Å². The second kappa shape index (κ2) is 8.29. The van der Waals surface area contributed by atoms with Gasteiger partial charge in [-0.25, -0.2) is 0 Å². The fourth-order valence-electron chi connectivity index (χ4n) is 3.81. The predicted molar refractivity (Wildman–Crippen MR) is 96.1 cm³/mol. The summed E-state index contributed by atoms with van der Waals surface area (Å²) in [6.07, 6.45) is 6.10. The van der Waals surface area contributed by atoms with Gasteiger partial charge in [-0.3, -0.25) is 9.59 Å². The zero-order valence-corrected chi connectivity index (χ0v) is 15.6. The predicted octanol–water partition coefficient (Wildman–Crippen LogP) is 2.34. The normalized spacial score (nSPS) is 28.9. The lowest BCUT2D eigenvalue weighted by Gasteiger charge is -2.19. The molecule has 4 atom stereocenters. The zero-order chi connectivity index (χ0) is 17.8. The number of rotatable bonds is 6. The molecular weight excluding hydrogens is 340 g/mol. The summed E-state index contributed by atoms with van der Waals surface area (Å²) in [5.74, 6) is -0.262. The van der Waals surface area contributed by atoms with Crippen molar-refractivity contribution in [2.24, 2.45) is 0 Å². The van der Waals surface area contributed by atoms with Crippen molar-refractivity contribution in [1.82, 2.24) is 10.6 Å². The van der Waals surface area contributed by atoms with Crippen LogP contribution in [0.4, 0.5) is 0 Å². The Bertz CT molecular complexity index is 567. The van der Waals surface area contributed by atoms with Gasteiger partial charge in [0.2, 0.25) is 0 Å². The first-order valence-corrected chi connectivity index (χ1v) is 9.71. The van der Waals surface area contributed by atoms with Crippen LogP contribution in [0, 0.1) is 0 Å². The van der Waals surface area contributed by atoms with Crippen molar-refractivity contribution in [1.29, 1.82) is 0 Å². The largest absolute Gasteiger partial charge is 0.379 e. The number of hydrogen-bond acceptors (Lipinski definition) is 5. The van der Waals surface area contributed by atoms with E-state index in [1.165, 1.54) is 11.3 Å². The molecule has 0 spiro atoms. The third-order valence-electron chi connectivity index (χ3n) is 5.20. The van der Waals surface area contributed by atoms with Crippen molar-refractivity contribution < 1.29 is 19.1 Å². The van der Waals surface area contributed by atoms with Gasteiger partial charge in [-0.2, -0.15) is 0 Å². The fraction of sp³-hybridized carbons (Fsp3) is 0.667. The first-order chi connectivity index (χ1) is 12.1. The monoisotopic (exact) mass is 366 g/mol. The van der Waals surface area contributed by atoms with E-state index >= 15 is 0 Å². The number of hydrogen-bond donors (Lipinski definition) is 2.